The second kappa shape index (κ2) is 4.29. The Morgan fingerprint density at radius 3 is 2.42 bits per heavy atom. The van der Waals surface area contributed by atoms with Gasteiger partial charge in [0, 0.05) is 6.07 Å². The molecule has 19 heavy (non-hydrogen) atoms. The van der Waals surface area contributed by atoms with Gasteiger partial charge in [0.2, 0.25) is 0 Å². The number of halogens is 2. The van der Waals surface area contributed by atoms with Crippen molar-refractivity contribution in [3.05, 3.63) is 35.4 Å². The molecule has 3 unspecified atom stereocenters. The topological polar surface area (TPSA) is 37.3 Å². The van der Waals surface area contributed by atoms with Crippen LogP contribution >= 0.6 is 0 Å². The summed E-state index contributed by atoms with van der Waals surface area (Å²) in [5.74, 6) is -1.47. The van der Waals surface area contributed by atoms with E-state index in [2.05, 4.69) is 0 Å². The molecule has 4 heteroatoms. The van der Waals surface area contributed by atoms with Gasteiger partial charge in [-0.3, -0.25) is 4.79 Å². The molecule has 2 nitrogen and oxygen atoms in total. The highest BCUT2D eigenvalue weighted by molar-refractivity contribution is 5.76. The minimum Gasteiger partial charge on any atom is -0.481 e. The van der Waals surface area contributed by atoms with Gasteiger partial charge in [0.05, 0.1) is 5.41 Å². The monoisotopic (exact) mass is 266 g/mol. The summed E-state index contributed by atoms with van der Waals surface area (Å²) in [6.45, 7) is 0. The van der Waals surface area contributed by atoms with E-state index in [9.17, 15) is 18.7 Å². The van der Waals surface area contributed by atoms with E-state index in [0.29, 0.717) is 17.9 Å². The minimum atomic E-state index is -0.816. The van der Waals surface area contributed by atoms with Crippen LogP contribution in [0.2, 0.25) is 0 Å². The molecule has 0 spiro atoms. The van der Waals surface area contributed by atoms with E-state index in [1.807, 2.05) is 0 Å². The SMILES string of the molecule is O=C(O)C1(Cc2cc(F)cc(F)c2)CC2CCC1C2. The summed E-state index contributed by atoms with van der Waals surface area (Å²) in [6.07, 6.45) is 3.85. The van der Waals surface area contributed by atoms with Crippen LogP contribution in [0.25, 0.3) is 0 Å². The third-order valence-corrected chi connectivity index (χ3v) is 4.84. The second-order valence-electron chi connectivity index (χ2n) is 6.00. The maximum Gasteiger partial charge on any atom is 0.310 e. The van der Waals surface area contributed by atoms with Crippen LogP contribution in [0.5, 0.6) is 0 Å². The molecule has 2 aliphatic rings. The molecule has 0 heterocycles. The molecule has 102 valence electrons. The largest absolute Gasteiger partial charge is 0.481 e. The Bertz CT molecular complexity index is 509. The first kappa shape index (κ1) is 12.6. The summed E-state index contributed by atoms with van der Waals surface area (Å²) in [7, 11) is 0. The van der Waals surface area contributed by atoms with Crippen LogP contribution in [0.1, 0.15) is 31.2 Å². The number of hydrogen-bond acceptors (Lipinski definition) is 1. The Labute approximate surface area is 110 Å². The van der Waals surface area contributed by atoms with Gasteiger partial charge in [-0.15, -0.1) is 0 Å². The number of hydrogen-bond donors (Lipinski definition) is 1. The van der Waals surface area contributed by atoms with Gasteiger partial charge in [0.25, 0.3) is 0 Å². The van der Waals surface area contributed by atoms with Crippen molar-refractivity contribution in [3.8, 4) is 0 Å². The zero-order valence-electron chi connectivity index (χ0n) is 10.5. The van der Waals surface area contributed by atoms with Crippen molar-refractivity contribution in [3.63, 3.8) is 0 Å². The van der Waals surface area contributed by atoms with Gasteiger partial charge in [-0.25, -0.2) is 8.78 Å². The van der Waals surface area contributed by atoms with Crippen molar-refractivity contribution >= 4 is 5.97 Å². The molecule has 2 fully saturated rings. The molecule has 0 aliphatic heterocycles. The summed E-state index contributed by atoms with van der Waals surface area (Å²) < 4.78 is 26.5. The number of carboxylic acids is 1. The summed E-state index contributed by atoms with van der Waals surface area (Å²) in [4.78, 5) is 11.7. The van der Waals surface area contributed by atoms with Crippen LogP contribution in [-0.4, -0.2) is 11.1 Å². The average molecular weight is 266 g/mol. The maximum absolute atomic E-state index is 13.2. The Morgan fingerprint density at radius 2 is 1.95 bits per heavy atom. The summed E-state index contributed by atoms with van der Waals surface area (Å²) >= 11 is 0. The zero-order chi connectivity index (χ0) is 13.6. The van der Waals surface area contributed by atoms with E-state index in [0.717, 1.165) is 25.3 Å². The molecule has 2 saturated carbocycles. The third kappa shape index (κ3) is 2.03. The lowest BCUT2D eigenvalue weighted by atomic mass is 9.69. The maximum atomic E-state index is 13.2. The Kier molecular flexibility index (Phi) is 2.84. The first-order valence-corrected chi connectivity index (χ1v) is 6.68. The molecule has 1 N–H and O–H groups in total. The predicted molar refractivity (Wildman–Crippen MR) is 65.6 cm³/mol. The summed E-state index contributed by atoms with van der Waals surface area (Å²) in [5, 5.41) is 9.60. The molecular weight excluding hydrogens is 250 g/mol. The number of benzene rings is 1. The molecule has 1 aromatic carbocycles. The van der Waals surface area contributed by atoms with Gasteiger partial charge in [-0.2, -0.15) is 0 Å². The highest BCUT2D eigenvalue weighted by Crippen LogP contribution is 2.57. The third-order valence-electron chi connectivity index (χ3n) is 4.84. The van der Waals surface area contributed by atoms with Gasteiger partial charge < -0.3 is 5.11 Å². The fourth-order valence-corrected chi connectivity index (χ4v) is 4.08. The van der Waals surface area contributed by atoms with Gasteiger partial charge >= 0.3 is 5.97 Å². The number of aliphatic carboxylic acids is 1. The highest BCUT2D eigenvalue weighted by Gasteiger charge is 2.55. The molecule has 3 atom stereocenters. The van der Waals surface area contributed by atoms with Crippen molar-refractivity contribution in [1.82, 2.24) is 0 Å². The normalized spacial score (nSPS) is 32.7. The van der Waals surface area contributed by atoms with Crippen LogP contribution in [0.4, 0.5) is 8.78 Å². The van der Waals surface area contributed by atoms with E-state index in [1.54, 1.807) is 0 Å². The quantitative estimate of drug-likeness (QED) is 0.910. The fraction of sp³-hybridized carbons (Fsp3) is 0.533. The number of carbonyl (C=O) groups is 1. The van der Waals surface area contributed by atoms with Gasteiger partial charge in [0.1, 0.15) is 11.6 Å². The lowest BCUT2D eigenvalue weighted by molar-refractivity contribution is -0.152. The van der Waals surface area contributed by atoms with E-state index < -0.39 is 23.0 Å². The van der Waals surface area contributed by atoms with E-state index >= 15 is 0 Å². The molecule has 0 radical (unpaired) electrons. The molecule has 2 aliphatic carbocycles. The van der Waals surface area contributed by atoms with Crippen molar-refractivity contribution < 1.29 is 18.7 Å². The first-order chi connectivity index (χ1) is 8.99. The van der Waals surface area contributed by atoms with Crippen LogP contribution in [0.3, 0.4) is 0 Å². The van der Waals surface area contributed by atoms with Crippen molar-refractivity contribution in [2.45, 2.75) is 32.1 Å². The molecule has 1 aromatic rings. The second-order valence-corrected chi connectivity index (χ2v) is 6.00. The Hall–Kier alpha value is -1.45. The van der Waals surface area contributed by atoms with Crippen molar-refractivity contribution in [1.29, 1.82) is 0 Å². The number of fused-ring (bicyclic) bond motifs is 2. The molecule has 0 aromatic heterocycles. The van der Waals surface area contributed by atoms with E-state index in [4.69, 9.17) is 0 Å². The standard InChI is InChI=1S/C15H16F2O2/c16-12-4-10(5-13(17)6-12)8-15(14(18)19)7-9-1-2-11(15)3-9/h4-6,9,11H,1-3,7-8H2,(H,18,19). The highest BCUT2D eigenvalue weighted by atomic mass is 19.1. The smallest absolute Gasteiger partial charge is 0.310 e. The van der Waals surface area contributed by atoms with Crippen LogP contribution in [0, 0.1) is 28.9 Å². The number of rotatable bonds is 3. The number of carboxylic acid groups (broad SMARTS) is 1. The average Bonchev–Trinajstić information content (AvgIpc) is 2.87. The Balaban J connectivity index is 1.92. The first-order valence-electron chi connectivity index (χ1n) is 6.68. The molecule has 0 amide bonds. The van der Waals surface area contributed by atoms with Crippen LogP contribution in [-0.2, 0) is 11.2 Å². The molecule has 2 bridgehead atoms. The Morgan fingerprint density at radius 1 is 1.26 bits per heavy atom. The lowest BCUT2D eigenvalue weighted by Gasteiger charge is -2.33. The van der Waals surface area contributed by atoms with Gasteiger partial charge in [-0.1, -0.05) is 6.42 Å². The molecular formula is C15H16F2O2. The van der Waals surface area contributed by atoms with Crippen molar-refractivity contribution in [2.24, 2.45) is 17.3 Å². The van der Waals surface area contributed by atoms with E-state index in [1.165, 1.54) is 12.1 Å². The zero-order valence-corrected chi connectivity index (χ0v) is 10.5. The molecule has 3 rings (SSSR count). The van der Waals surface area contributed by atoms with Crippen molar-refractivity contribution in [2.75, 3.05) is 0 Å². The predicted octanol–water partition coefficient (Wildman–Crippen LogP) is 3.40. The molecule has 0 saturated heterocycles. The summed E-state index contributed by atoms with van der Waals surface area (Å²) in [6, 6.07) is 3.32. The van der Waals surface area contributed by atoms with Gasteiger partial charge in [-0.05, 0) is 55.2 Å². The van der Waals surface area contributed by atoms with E-state index in [-0.39, 0.29) is 12.3 Å². The minimum absolute atomic E-state index is 0.154. The van der Waals surface area contributed by atoms with Crippen LogP contribution < -0.4 is 0 Å². The fourth-order valence-electron chi connectivity index (χ4n) is 4.08. The summed E-state index contributed by atoms with van der Waals surface area (Å²) in [5.41, 5.74) is -0.365. The van der Waals surface area contributed by atoms with Gasteiger partial charge in [0.15, 0.2) is 0 Å². The lowest BCUT2D eigenvalue weighted by Crippen LogP contribution is -2.38. The van der Waals surface area contributed by atoms with Crippen LogP contribution in [0.15, 0.2) is 18.2 Å².